The molecule has 0 radical (unpaired) electrons. The molecule has 0 aliphatic heterocycles. The summed E-state index contributed by atoms with van der Waals surface area (Å²) in [5.74, 6) is 0. The molecular formula is C11H27N3O5. The minimum atomic E-state index is -1.50. The summed E-state index contributed by atoms with van der Waals surface area (Å²) in [6, 6.07) is 0.219. The number of hydrogen-bond acceptors (Lipinski definition) is 6. The molecule has 0 saturated carbocycles. The lowest BCUT2D eigenvalue weighted by Gasteiger charge is -2.19. The van der Waals surface area contributed by atoms with Crippen molar-refractivity contribution in [2.75, 3.05) is 19.8 Å². The van der Waals surface area contributed by atoms with Gasteiger partial charge in [0.1, 0.15) is 0 Å². The van der Waals surface area contributed by atoms with Gasteiger partial charge < -0.3 is 26.1 Å². The highest BCUT2D eigenvalue weighted by Gasteiger charge is 2.10. The van der Waals surface area contributed by atoms with Crippen LogP contribution in [0.15, 0.2) is 0 Å². The van der Waals surface area contributed by atoms with E-state index in [0.29, 0.717) is 19.8 Å². The van der Waals surface area contributed by atoms with Crippen molar-refractivity contribution in [1.82, 2.24) is 0 Å². The molecule has 0 aromatic rings. The molecule has 0 rings (SSSR count). The molecule has 0 saturated heterocycles. The summed E-state index contributed by atoms with van der Waals surface area (Å²) in [6.07, 6.45) is 3.69. The minimum Gasteiger partial charge on any atom is -0.353 e. The Bertz CT molecular complexity index is 197. The second-order valence-corrected chi connectivity index (χ2v) is 3.85. The van der Waals surface area contributed by atoms with Gasteiger partial charge in [0.15, 0.2) is 6.29 Å². The molecule has 0 spiro atoms. The Morgan fingerprint density at radius 3 is 2.05 bits per heavy atom. The van der Waals surface area contributed by atoms with Crippen molar-refractivity contribution < 1.29 is 19.8 Å². The van der Waals surface area contributed by atoms with Crippen LogP contribution in [0.4, 0.5) is 0 Å². The standard InChI is InChI=1S/C11H26N2O2.HNO3/c1-3-14-11(15-4-2)8-7-10(13)6-5-9-12;2-1(3)4/h10-11H,3-9,12-13H2,1-2H3;(H,2,3,4). The van der Waals surface area contributed by atoms with E-state index in [1.807, 2.05) is 13.8 Å². The summed E-state index contributed by atoms with van der Waals surface area (Å²) < 4.78 is 10.9. The van der Waals surface area contributed by atoms with Crippen molar-refractivity contribution in [3.05, 3.63) is 10.1 Å². The second-order valence-electron chi connectivity index (χ2n) is 3.85. The average molecular weight is 281 g/mol. The molecule has 8 heteroatoms. The highest BCUT2D eigenvalue weighted by atomic mass is 16.9. The van der Waals surface area contributed by atoms with Crippen molar-refractivity contribution >= 4 is 0 Å². The molecule has 116 valence electrons. The number of hydrogen-bond donors (Lipinski definition) is 3. The van der Waals surface area contributed by atoms with Crippen molar-refractivity contribution in [3.63, 3.8) is 0 Å². The van der Waals surface area contributed by atoms with Gasteiger partial charge in [0.25, 0.3) is 5.09 Å². The van der Waals surface area contributed by atoms with Gasteiger partial charge in [-0.15, -0.1) is 10.1 Å². The molecular weight excluding hydrogens is 254 g/mol. The summed E-state index contributed by atoms with van der Waals surface area (Å²) in [4.78, 5) is 8.36. The highest BCUT2D eigenvalue weighted by Crippen LogP contribution is 2.08. The van der Waals surface area contributed by atoms with Gasteiger partial charge in [-0.25, -0.2) is 0 Å². The highest BCUT2D eigenvalue weighted by molar-refractivity contribution is 4.63. The first kappa shape index (κ1) is 20.4. The third-order valence-electron chi connectivity index (χ3n) is 2.26. The van der Waals surface area contributed by atoms with E-state index in [1.54, 1.807) is 0 Å². The van der Waals surface area contributed by atoms with Crippen LogP contribution in [0.25, 0.3) is 0 Å². The molecule has 8 nitrogen and oxygen atoms in total. The van der Waals surface area contributed by atoms with Crippen molar-refractivity contribution in [2.45, 2.75) is 51.9 Å². The molecule has 0 fully saturated rings. The Hall–Kier alpha value is -0.960. The van der Waals surface area contributed by atoms with Crippen LogP contribution in [0.2, 0.25) is 0 Å². The van der Waals surface area contributed by atoms with Crippen LogP contribution in [-0.4, -0.2) is 42.4 Å². The Kier molecular flexibility index (Phi) is 16.2. The lowest BCUT2D eigenvalue weighted by Crippen LogP contribution is -2.25. The van der Waals surface area contributed by atoms with Gasteiger partial charge in [-0.05, 0) is 46.1 Å². The second kappa shape index (κ2) is 15.1. The van der Waals surface area contributed by atoms with Crippen LogP contribution in [0.1, 0.15) is 39.5 Å². The average Bonchev–Trinajstić information content (AvgIpc) is 2.33. The fourth-order valence-electron chi connectivity index (χ4n) is 1.46. The van der Waals surface area contributed by atoms with Crippen LogP contribution in [0.3, 0.4) is 0 Å². The summed E-state index contributed by atoms with van der Waals surface area (Å²) in [5.41, 5.74) is 11.4. The number of nitrogens with zero attached hydrogens (tertiary/aromatic N) is 1. The van der Waals surface area contributed by atoms with Gasteiger partial charge in [0, 0.05) is 19.3 Å². The van der Waals surface area contributed by atoms with E-state index in [2.05, 4.69) is 0 Å². The lowest BCUT2D eigenvalue weighted by molar-refractivity contribution is -0.742. The third kappa shape index (κ3) is 19.6. The molecule has 1 unspecified atom stereocenters. The summed E-state index contributed by atoms with van der Waals surface area (Å²) in [6.45, 7) is 6.03. The third-order valence-corrected chi connectivity index (χ3v) is 2.26. The van der Waals surface area contributed by atoms with Gasteiger partial charge >= 0.3 is 0 Å². The first-order valence-corrected chi connectivity index (χ1v) is 6.49. The summed E-state index contributed by atoms with van der Waals surface area (Å²) in [7, 11) is 0. The Balaban J connectivity index is 0. The largest absolute Gasteiger partial charge is 0.353 e. The minimum absolute atomic E-state index is 0.0936. The maximum atomic E-state index is 8.36. The first-order valence-electron chi connectivity index (χ1n) is 6.49. The first-order chi connectivity index (χ1) is 8.97. The fourth-order valence-corrected chi connectivity index (χ4v) is 1.46. The lowest BCUT2D eigenvalue weighted by atomic mass is 10.1. The van der Waals surface area contributed by atoms with Gasteiger partial charge in [0.2, 0.25) is 0 Å². The van der Waals surface area contributed by atoms with Gasteiger partial charge in [-0.3, -0.25) is 0 Å². The smallest absolute Gasteiger partial charge is 0.291 e. The Labute approximate surface area is 114 Å². The van der Waals surface area contributed by atoms with Crippen molar-refractivity contribution in [3.8, 4) is 0 Å². The molecule has 0 aromatic carbocycles. The maximum Gasteiger partial charge on any atom is 0.291 e. The number of rotatable bonds is 10. The molecule has 1 atom stereocenters. The van der Waals surface area contributed by atoms with Crippen molar-refractivity contribution in [2.24, 2.45) is 11.5 Å². The molecule has 0 aliphatic carbocycles. The predicted octanol–water partition coefficient (Wildman–Crippen LogP) is 0.884. The van der Waals surface area contributed by atoms with E-state index in [0.717, 1.165) is 25.7 Å². The topological polar surface area (TPSA) is 134 Å². The zero-order valence-electron chi connectivity index (χ0n) is 11.8. The molecule has 0 aliphatic rings. The van der Waals surface area contributed by atoms with E-state index < -0.39 is 5.09 Å². The Morgan fingerprint density at radius 2 is 1.68 bits per heavy atom. The van der Waals surface area contributed by atoms with Gasteiger partial charge in [-0.2, -0.15) is 0 Å². The predicted molar refractivity (Wildman–Crippen MR) is 71.3 cm³/mol. The van der Waals surface area contributed by atoms with E-state index >= 15 is 0 Å². The van der Waals surface area contributed by atoms with Crippen LogP contribution in [0.5, 0.6) is 0 Å². The Morgan fingerprint density at radius 1 is 1.21 bits per heavy atom. The number of ether oxygens (including phenoxy) is 2. The van der Waals surface area contributed by atoms with Gasteiger partial charge in [0.05, 0.1) is 0 Å². The summed E-state index contributed by atoms with van der Waals surface area (Å²) >= 11 is 0. The molecule has 0 aromatic heterocycles. The zero-order chi connectivity index (χ0) is 15.1. The monoisotopic (exact) mass is 281 g/mol. The molecule has 0 bridgehead atoms. The zero-order valence-corrected chi connectivity index (χ0v) is 11.8. The quantitative estimate of drug-likeness (QED) is 0.307. The maximum absolute atomic E-state index is 8.36. The molecule has 0 amide bonds. The van der Waals surface area contributed by atoms with Crippen molar-refractivity contribution in [1.29, 1.82) is 0 Å². The van der Waals surface area contributed by atoms with Gasteiger partial charge in [-0.1, -0.05) is 0 Å². The number of nitrogens with two attached hydrogens (primary N) is 2. The van der Waals surface area contributed by atoms with E-state index in [1.165, 1.54) is 0 Å². The molecule has 0 heterocycles. The van der Waals surface area contributed by atoms with Crippen LogP contribution in [0, 0.1) is 10.1 Å². The fraction of sp³-hybridized carbons (Fsp3) is 1.00. The SMILES string of the molecule is CCOC(CCC(N)CCCN)OCC.O=[N+]([O-])O. The molecule has 19 heavy (non-hydrogen) atoms. The normalized spacial score (nSPS) is 11.8. The van der Waals surface area contributed by atoms with E-state index in [-0.39, 0.29) is 12.3 Å². The van der Waals surface area contributed by atoms with Crippen LogP contribution < -0.4 is 11.5 Å². The molecule has 5 N–H and O–H groups in total. The van der Waals surface area contributed by atoms with E-state index in [4.69, 9.17) is 36.3 Å². The van der Waals surface area contributed by atoms with Crippen LogP contribution >= 0.6 is 0 Å². The van der Waals surface area contributed by atoms with E-state index in [9.17, 15) is 0 Å². The van der Waals surface area contributed by atoms with Crippen LogP contribution in [-0.2, 0) is 9.47 Å². The summed E-state index contributed by atoms with van der Waals surface area (Å²) in [5, 5.41) is 13.6.